The van der Waals surface area contributed by atoms with E-state index in [0.29, 0.717) is 21.9 Å². The van der Waals surface area contributed by atoms with E-state index in [1.54, 1.807) is 0 Å². The lowest BCUT2D eigenvalue weighted by Gasteiger charge is -2.41. The molecule has 2 fully saturated rings. The first-order valence-corrected chi connectivity index (χ1v) is 8.66. The second-order valence-corrected chi connectivity index (χ2v) is 7.43. The quantitative estimate of drug-likeness (QED) is 0.780. The van der Waals surface area contributed by atoms with E-state index in [9.17, 15) is 4.79 Å². The largest absolute Gasteiger partial charge is 0.465 e. The monoisotopic (exact) mass is 308 g/mol. The summed E-state index contributed by atoms with van der Waals surface area (Å²) < 4.78 is 4.85. The molecule has 0 aliphatic heterocycles. The van der Waals surface area contributed by atoms with E-state index in [0.717, 1.165) is 17.1 Å². The molecule has 21 heavy (non-hydrogen) atoms. The molecule has 0 unspecified atom stereocenters. The molecule has 0 aromatic carbocycles. The van der Waals surface area contributed by atoms with Crippen LogP contribution < -0.4 is 11.1 Å². The van der Waals surface area contributed by atoms with E-state index >= 15 is 0 Å². The lowest BCUT2D eigenvalue weighted by Crippen LogP contribution is -2.35. The highest BCUT2D eigenvalue weighted by molar-refractivity contribution is 7.18. The van der Waals surface area contributed by atoms with Crippen molar-refractivity contribution >= 4 is 28.0 Å². The maximum Gasteiger partial charge on any atom is 0.350 e. The van der Waals surface area contributed by atoms with Crippen LogP contribution in [0, 0.1) is 5.41 Å². The topological polar surface area (TPSA) is 64.3 Å². The van der Waals surface area contributed by atoms with Gasteiger partial charge in [-0.25, -0.2) is 4.79 Å². The molecule has 3 rings (SSSR count). The van der Waals surface area contributed by atoms with Gasteiger partial charge in [0, 0.05) is 12.1 Å². The van der Waals surface area contributed by atoms with Crippen LogP contribution in [0.15, 0.2) is 0 Å². The fourth-order valence-corrected chi connectivity index (χ4v) is 4.33. The molecular weight excluding hydrogens is 284 g/mol. The molecule has 116 valence electrons. The van der Waals surface area contributed by atoms with E-state index in [4.69, 9.17) is 10.5 Å². The highest BCUT2D eigenvalue weighted by Gasteiger charge is 2.37. The van der Waals surface area contributed by atoms with Crippen molar-refractivity contribution in [3.8, 4) is 0 Å². The van der Waals surface area contributed by atoms with Crippen molar-refractivity contribution in [1.82, 2.24) is 0 Å². The molecule has 0 atom stereocenters. The molecule has 0 radical (unpaired) electrons. The molecular formula is C16H24N2O2S. The molecule has 0 amide bonds. The molecule has 2 aliphatic carbocycles. The fourth-order valence-electron chi connectivity index (χ4n) is 3.21. The number of rotatable bonds is 6. The van der Waals surface area contributed by atoms with Gasteiger partial charge in [-0.05, 0) is 43.4 Å². The Morgan fingerprint density at radius 2 is 2.19 bits per heavy atom. The van der Waals surface area contributed by atoms with Gasteiger partial charge in [0.2, 0.25) is 0 Å². The second-order valence-electron chi connectivity index (χ2n) is 6.41. The summed E-state index contributed by atoms with van der Waals surface area (Å²) in [5, 5.41) is 4.69. The number of anilines is 2. The first-order valence-electron chi connectivity index (χ1n) is 7.84. The van der Waals surface area contributed by atoms with Crippen LogP contribution in [-0.2, 0) is 4.74 Å². The van der Waals surface area contributed by atoms with Gasteiger partial charge in [0.15, 0.2) is 0 Å². The lowest BCUT2D eigenvalue weighted by molar-refractivity contribution is 0.0607. The van der Waals surface area contributed by atoms with Gasteiger partial charge < -0.3 is 15.8 Å². The first kappa shape index (κ1) is 14.7. The summed E-state index contributed by atoms with van der Waals surface area (Å²) in [7, 11) is 1.41. The number of esters is 1. The Hall–Kier alpha value is -1.23. The minimum Gasteiger partial charge on any atom is -0.465 e. The molecule has 1 heterocycles. The second kappa shape index (κ2) is 5.52. The normalized spacial score (nSPS) is 19.9. The highest BCUT2D eigenvalue weighted by Crippen LogP contribution is 2.52. The third-order valence-electron chi connectivity index (χ3n) is 5.13. The molecule has 3 N–H and O–H groups in total. The van der Waals surface area contributed by atoms with Gasteiger partial charge in [-0.1, -0.05) is 13.3 Å². The van der Waals surface area contributed by atoms with Crippen molar-refractivity contribution < 1.29 is 9.53 Å². The predicted octanol–water partition coefficient (Wildman–Crippen LogP) is 3.99. The zero-order valence-electron chi connectivity index (χ0n) is 12.8. The Morgan fingerprint density at radius 3 is 2.67 bits per heavy atom. The summed E-state index contributed by atoms with van der Waals surface area (Å²) >= 11 is 1.46. The number of carbonyl (C=O) groups excluding carboxylic acids is 1. The molecule has 2 saturated carbocycles. The summed E-state index contributed by atoms with van der Waals surface area (Å²) in [5.41, 5.74) is 8.45. The number of hydrogen-bond acceptors (Lipinski definition) is 5. The average Bonchev–Trinajstić information content (AvgIpc) is 3.22. The van der Waals surface area contributed by atoms with Crippen molar-refractivity contribution in [3.63, 3.8) is 0 Å². The van der Waals surface area contributed by atoms with Crippen molar-refractivity contribution in [2.75, 3.05) is 24.7 Å². The van der Waals surface area contributed by atoms with Crippen LogP contribution in [0.1, 0.15) is 66.6 Å². The molecule has 1 aromatic rings. The zero-order valence-corrected chi connectivity index (χ0v) is 13.6. The molecule has 0 spiro atoms. The summed E-state index contributed by atoms with van der Waals surface area (Å²) in [6.07, 6.45) is 7.51. The van der Waals surface area contributed by atoms with E-state index in [2.05, 4.69) is 12.2 Å². The number of nitrogen functional groups attached to an aromatic ring is 1. The van der Waals surface area contributed by atoms with Crippen molar-refractivity contribution in [2.45, 2.75) is 51.4 Å². The summed E-state index contributed by atoms with van der Waals surface area (Å²) in [4.78, 5) is 12.4. The first-order chi connectivity index (χ1) is 10.1. The Kier molecular flexibility index (Phi) is 3.86. The van der Waals surface area contributed by atoms with E-state index < -0.39 is 0 Å². The number of carbonyl (C=O) groups is 1. The third-order valence-corrected chi connectivity index (χ3v) is 6.29. The Balaban J connectivity index is 1.81. The van der Waals surface area contributed by atoms with Gasteiger partial charge in [0.1, 0.15) is 4.88 Å². The number of nitrogens with two attached hydrogens (primary N) is 1. The van der Waals surface area contributed by atoms with Crippen LogP contribution in [-0.4, -0.2) is 19.6 Å². The van der Waals surface area contributed by atoms with Crippen LogP contribution in [0.5, 0.6) is 0 Å². The summed E-state index contributed by atoms with van der Waals surface area (Å²) in [6, 6.07) is 0. The zero-order chi connectivity index (χ0) is 15.0. The molecule has 1 aromatic heterocycles. The van der Waals surface area contributed by atoms with E-state index in [-0.39, 0.29) is 5.97 Å². The van der Waals surface area contributed by atoms with Gasteiger partial charge in [0.25, 0.3) is 0 Å². The standard InChI is InChI=1S/C16H24N2O2S/c1-3-16(7-4-8-16)9-18-14-11(10-5-6-10)12(17)13(21-14)15(19)20-2/h10,18H,3-9,17H2,1-2H3. The third kappa shape index (κ3) is 2.63. The predicted molar refractivity (Wildman–Crippen MR) is 87.1 cm³/mol. The van der Waals surface area contributed by atoms with Crippen LogP contribution in [0.3, 0.4) is 0 Å². The number of thiophene rings is 1. The summed E-state index contributed by atoms with van der Waals surface area (Å²) in [6.45, 7) is 3.26. The number of ether oxygens (including phenoxy) is 1. The maximum atomic E-state index is 11.8. The minimum absolute atomic E-state index is 0.318. The molecule has 2 aliphatic rings. The van der Waals surface area contributed by atoms with Gasteiger partial charge in [0.05, 0.1) is 17.8 Å². The highest BCUT2D eigenvalue weighted by atomic mass is 32.1. The van der Waals surface area contributed by atoms with Crippen LogP contribution >= 0.6 is 11.3 Å². The van der Waals surface area contributed by atoms with Crippen molar-refractivity contribution in [2.24, 2.45) is 5.41 Å². The lowest BCUT2D eigenvalue weighted by atomic mass is 9.67. The average molecular weight is 308 g/mol. The van der Waals surface area contributed by atoms with Crippen LogP contribution in [0.4, 0.5) is 10.7 Å². The van der Waals surface area contributed by atoms with Crippen LogP contribution in [0.25, 0.3) is 0 Å². The SMILES string of the molecule is CCC1(CNc2sc(C(=O)OC)c(N)c2C2CC2)CCC1. The van der Waals surface area contributed by atoms with Gasteiger partial charge in [-0.2, -0.15) is 0 Å². The Morgan fingerprint density at radius 1 is 1.48 bits per heavy atom. The van der Waals surface area contributed by atoms with Gasteiger partial charge >= 0.3 is 5.97 Å². The molecule has 5 heteroatoms. The van der Waals surface area contributed by atoms with Gasteiger partial charge in [-0.3, -0.25) is 0 Å². The molecule has 0 bridgehead atoms. The minimum atomic E-state index is -0.318. The van der Waals surface area contributed by atoms with E-state index in [1.807, 2.05) is 0 Å². The fraction of sp³-hybridized carbons (Fsp3) is 0.688. The van der Waals surface area contributed by atoms with Crippen molar-refractivity contribution in [1.29, 1.82) is 0 Å². The number of methoxy groups -OCH3 is 1. The molecule has 0 saturated heterocycles. The maximum absolute atomic E-state index is 11.8. The van der Waals surface area contributed by atoms with E-state index in [1.165, 1.54) is 57.0 Å². The number of nitrogens with one attached hydrogen (secondary N) is 1. The summed E-state index contributed by atoms with van der Waals surface area (Å²) in [5.74, 6) is 0.211. The number of hydrogen-bond donors (Lipinski definition) is 2. The van der Waals surface area contributed by atoms with Gasteiger partial charge in [-0.15, -0.1) is 11.3 Å². The Labute approximate surface area is 130 Å². The van der Waals surface area contributed by atoms with Crippen LogP contribution in [0.2, 0.25) is 0 Å². The smallest absolute Gasteiger partial charge is 0.350 e. The Bertz CT molecular complexity index is 539. The molecule has 4 nitrogen and oxygen atoms in total. The van der Waals surface area contributed by atoms with Crippen molar-refractivity contribution in [3.05, 3.63) is 10.4 Å².